The number of nitrogens with zero attached hydrogens (tertiary/aromatic N) is 2. The fourth-order valence-corrected chi connectivity index (χ4v) is 1.18. The Morgan fingerprint density at radius 2 is 2.36 bits per heavy atom. The van der Waals surface area contributed by atoms with Crippen molar-refractivity contribution >= 4 is 5.57 Å². The van der Waals surface area contributed by atoms with Crippen LogP contribution in [0.5, 0.6) is 0 Å². The van der Waals surface area contributed by atoms with E-state index >= 15 is 0 Å². The maximum Gasteiger partial charge on any atom is 0.139 e. The molecule has 0 atom stereocenters. The molecule has 0 saturated carbocycles. The molecule has 0 amide bonds. The van der Waals surface area contributed by atoms with Gasteiger partial charge < -0.3 is 9.67 Å². The van der Waals surface area contributed by atoms with Gasteiger partial charge in [0, 0.05) is 25.0 Å². The van der Waals surface area contributed by atoms with Crippen LogP contribution in [0.4, 0.5) is 0 Å². The summed E-state index contributed by atoms with van der Waals surface area (Å²) in [5, 5.41) is 9.19. The number of aliphatic hydroxyl groups excluding tert-OH is 1. The van der Waals surface area contributed by atoms with Gasteiger partial charge in [0.1, 0.15) is 5.82 Å². The second kappa shape index (κ2) is 4.46. The minimum Gasteiger partial charge on any atom is -0.513 e. The monoisotopic (exact) mass is 190 g/mol. The van der Waals surface area contributed by atoms with Gasteiger partial charge in [0.25, 0.3) is 0 Å². The van der Waals surface area contributed by atoms with Gasteiger partial charge in [0.05, 0.1) is 5.76 Å². The molecule has 74 valence electrons. The van der Waals surface area contributed by atoms with Crippen LogP contribution >= 0.6 is 0 Å². The zero-order chi connectivity index (χ0) is 10.6. The summed E-state index contributed by atoms with van der Waals surface area (Å²) in [6.45, 7) is 5.25. The number of aromatic nitrogens is 2. The number of hydrogen-bond donors (Lipinski definition) is 1. The van der Waals surface area contributed by atoms with E-state index in [0.717, 1.165) is 11.4 Å². The molecule has 0 aromatic carbocycles. The molecule has 0 aliphatic rings. The molecule has 1 rings (SSSR count). The van der Waals surface area contributed by atoms with E-state index in [9.17, 15) is 5.11 Å². The molecule has 1 heterocycles. The summed E-state index contributed by atoms with van der Waals surface area (Å²) in [4.78, 5) is 4.18. The molecule has 1 aromatic rings. The Labute approximate surface area is 83.7 Å². The molecule has 0 aliphatic heterocycles. The van der Waals surface area contributed by atoms with Crippen molar-refractivity contribution in [3.05, 3.63) is 48.8 Å². The van der Waals surface area contributed by atoms with E-state index in [1.165, 1.54) is 0 Å². The highest BCUT2D eigenvalue weighted by atomic mass is 16.3. The minimum absolute atomic E-state index is 0.251. The van der Waals surface area contributed by atoms with Crippen LogP contribution in [0.3, 0.4) is 0 Å². The van der Waals surface area contributed by atoms with E-state index in [-0.39, 0.29) is 5.76 Å². The number of aliphatic hydroxyl groups is 1. The van der Waals surface area contributed by atoms with Crippen molar-refractivity contribution in [3.63, 3.8) is 0 Å². The molecule has 0 unspecified atom stereocenters. The van der Waals surface area contributed by atoms with E-state index in [2.05, 4.69) is 11.6 Å². The summed E-state index contributed by atoms with van der Waals surface area (Å²) in [6.07, 6.45) is 8.70. The van der Waals surface area contributed by atoms with Crippen molar-refractivity contribution in [1.29, 1.82) is 0 Å². The SMILES string of the molecule is C=C/C=C(\C=C(/C)O)c1nccn1C. The van der Waals surface area contributed by atoms with Gasteiger partial charge in [-0.05, 0) is 13.0 Å². The van der Waals surface area contributed by atoms with Crippen LogP contribution in [0.25, 0.3) is 5.57 Å². The first-order chi connectivity index (χ1) is 6.65. The van der Waals surface area contributed by atoms with Crippen molar-refractivity contribution in [2.45, 2.75) is 6.92 Å². The van der Waals surface area contributed by atoms with Crippen molar-refractivity contribution in [2.24, 2.45) is 7.05 Å². The third-order valence-corrected chi connectivity index (χ3v) is 1.74. The predicted octanol–water partition coefficient (Wildman–Crippen LogP) is 2.45. The van der Waals surface area contributed by atoms with Crippen molar-refractivity contribution in [1.82, 2.24) is 9.55 Å². The van der Waals surface area contributed by atoms with Crippen LogP contribution < -0.4 is 0 Å². The summed E-state index contributed by atoms with van der Waals surface area (Å²) >= 11 is 0. The van der Waals surface area contributed by atoms with Crippen LogP contribution in [0, 0.1) is 0 Å². The van der Waals surface area contributed by atoms with Gasteiger partial charge >= 0.3 is 0 Å². The lowest BCUT2D eigenvalue weighted by Crippen LogP contribution is -1.95. The summed E-state index contributed by atoms with van der Waals surface area (Å²) in [5.74, 6) is 1.06. The van der Waals surface area contributed by atoms with Gasteiger partial charge in [-0.15, -0.1) is 0 Å². The van der Waals surface area contributed by atoms with Gasteiger partial charge in [0.2, 0.25) is 0 Å². The molecule has 1 aromatic heterocycles. The minimum atomic E-state index is 0.251. The highest BCUT2D eigenvalue weighted by molar-refractivity contribution is 5.71. The van der Waals surface area contributed by atoms with Gasteiger partial charge in [-0.3, -0.25) is 0 Å². The maximum atomic E-state index is 9.19. The van der Waals surface area contributed by atoms with Crippen molar-refractivity contribution in [3.8, 4) is 0 Å². The van der Waals surface area contributed by atoms with Crippen LogP contribution in [0.2, 0.25) is 0 Å². The maximum absolute atomic E-state index is 9.19. The Morgan fingerprint density at radius 3 is 2.79 bits per heavy atom. The molecule has 3 nitrogen and oxygen atoms in total. The molecule has 3 heteroatoms. The Bertz CT molecular complexity index is 382. The number of hydrogen-bond acceptors (Lipinski definition) is 2. The quantitative estimate of drug-likeness (QED) is 0.587. The fourth-order valence-electron chi connectivity index (χ4n) is 1.18. The summed E-state index contributed by atoms with van der Waals surface area (Å²) in [7, 11) is 1.90. The number of rotatable bonds is 3. The predicted molar refractivity (Wildman–Crippen MR) is 57.8 cm³/mol. The van der Waals surface area contributed by atoms with Gasteiger partial charge in [-0.2, -0.15) is 0 Å². The third kappa shape index (κ3) is 2.36. The highest BCUT2D eigenvalue weighted by Crippen LogP contribution is 2.14. The number of imidazole rings is 1. The van der Waals surface area contributed by atoms with E-state index in [0.29, 0.717) is 0 Å². The molecular weight excluding hydrogens is 176 g/mol. The van der Waals surface area contributed by atoms with Gasteiger partial charge in [-0.1, -0.05) is 18.7 Å². The summed E-state index contributed by atoms with van der Waals surface area (Å²) in [6, 6.07) is 0. The largest absolute Gasteiger partial charge is 0.513 e. The lowest BCUT2D eigenvalue weighted by atomic mass is 10.2. The van der Waals surface area contributed by atoms with Crippen LogP contribution in [-0.4, -0.2) is 14.7 Å². The molecule has 0 radical (unpaired) electrons. The normalized spacial score (nSPS) is 13.0. The summed E-state index contributed by atoms with van der Waals surface area (Å²) < 4.78 is 1.88. The second-order valence-electron chi connectivity index (χ2n) is 3.01. The van der Waals surface area contributed by atoms with Crippen LogP contribution in [0.15, 0.2) is 43.0 Å². The standard InChI is InChI=1S/C11H14N2O/c1-4-5-10(8-9(2)14)11-12-6-7-13(11)3/h4-8,14H,1H2,2-3H3/b9-8+,10-5+. The van der Waals surface area contributed by atoms with E-state index in [4.69, 9.17) is 0 Å². The average molecular weight is 190 g/mol. The molecule has 0 fully saturated rings. The first-order valence-electron chi connectivity index (χ1n) is 4.33. The first-order valence-corrected chi connectivity index (χ1v) is 4.33. The topological polar surface area (TPSA) is 38.1 Å². The third-order valence-electron chi connectivity index (χ3n) is 1.74. The molecule has 0 bridgehead atoms. The molecule has 1 N–H and O–H groups in total. The number of allylic oxidation sites excluding steroid dienone is 5. The lowest BCUT2D eigenvalue weighted by molar-refractivity contribution is 0.415. The van der Waals surface area contributed by atoms with Crippen molar-refractivity contribution < 1.29 is 5.11 Å². The molecule has 0 spiro atoms. The average Bonchev–Trinajstić information content (AvgIpc) is 2.50. The number of aryl methyl sites for hydroxylation is 1. The van der Waals surface area contributed by atoms with E-state index in [1.54, 1.807) is 25.3 Å². The first kappa shape index (κ1) is 10.3. The molecule has 0 saturated heterocycles. The smallest absolute Gasteiger partial charge is 0.139 e. The molecule has 0 aliphatic carbocycles. The zero-order valence-electron chi connectivity index (χ0n) is 8.44. The Hall–Kier alpha value is -1.77. The molecular formula is C11H14N2O. The van der Waals surface area contributed by atoms with Crippen LogP contribution in [0.1, 0.15) is 12.7 Å². The van der Waals surface area contributed by atoms with E-state index < -0.39 is 0 Å². The highest BCUT2D eigenvalue weighted by Gasteiger charge is 2.03. The Balaban J connectivity index is 3.14. The molecule has 14 heavy (non-hydrogen) atoms. The second-order valence-corrected chi connectivity index (χ2v) is 3.01. The Kier molecular flexibility index (Phi) is 3.29. The lowest BCUT2D eigenvalue weighted by Gasteiger charge is -2.02. The van der Waals surface area contributed by atoms with E-state index in [1.807, 2.05) is 23.9 Å². The zero-order valence-corrected chi connectivity index (χ0v) is 8.44. The fraction of sp³-hybridized carbons (Fsp3) is 0.182. The van der Waals surface area contributed by atoms with Crippen LogP contribution in [-0.2, 0) is 7.05 Å². The van der Waals surface area contributed by atoms with Gasteiger partial charge in [0.15, 0.2) is 0 Å². The Morgan fingerprint density at radius 1 is 1.64 bits per heavy atom. The van der Waals surface area contributed by atoms with Crippen molar-refractivity contribution in [2.75, 3.05) is 0 Å². The summed E-state index contributed by atoms with van der Waals surface area (Å²) in [5.41, 5.74) is 0.840. The van der Waals surface area contributed by atoms with Gasteiger partial charge in [-0.25, -0.2) is 4.98 Å².